The second-order valence-corrected chi connectivity index (χ2v) is 32.3. The number of esters is 4. The van der Waals surface area contributed by atoms with Gasteiger partial charge in [0.15, 0.2) is 12.2 Å². The van der Waals surface area contributed by atoms with E-state index < -0.39 is 97.5 Å². The molecule has 0 aromatic carbocycles. The van der Waals surface area contributed by atoms with Gasteiger partial charge in [0.25, 0.3) is 0 Å². The first-order chi connectivity index (χ1) is 46.1. The van der Waals surface area contributed by atoms with Gasteiger partial charge < -0.3 is 33.8 Å². The molecule has 17 nitrogen and oxygen atoms in total. The molecule has 0 heterocycles. The Bertz CT molecular complexity index is 1890. The number of ether oxygens (including phenoxy) is 4. The molecule has 570 valence electrons. The largest absolute Gasteiger partial charge is 0.472 e. The van der Waals surface area contributed by atoms with E-state index in [1.54, 1.807) is 0 Å². The minimum Gasteiger partial charge on any atom is -0.462 e. The maximum atomic E-state index is 13.1. The molecule has 0 aromatic heterocycles. The molecule has 4 unspecified atom stereocenters. The molecule has 0 aliphatic rings. The molecule has 6 atom stereocenters. The predicted molar refractivity (Wildman–Crippen MR) is 391 cm³/mol. The van der Waals surface area contributed by atoms with E-state index >= 15 is 0 Å². The van der Waals surface area contributed by atoms with Gasteiger partial charge in [-0.3, -0.25) is 37.3 Å². The van der Waals surface area contributed by atoms with Crippen LogP contribution in [0, 0.1) is 23.7 Å². The lowest BCUT2D eigenvalue weighted by atomic mass is 9.99. The number of unbranched alkanes of at least 4 members (excludes halogenated alkanes) is 39. The Kier molecular flexibility index (Phi) is 65.0. The summed E-state index contributed by atoms with van der Waals surface area (Å²) in [6, 6.07) is 0. The summed E-state index contributed by atoms with van der Waals surface area (Å²) in [6.07, 6.45) is 51.6. The van der Waals surface area contributed by atoms with Crippen LogP contribution in [0.5, 0.6) is 0 Å². The highest BCUT2D eigenvalue weighted by molar-refractivity contribution is 7.47. The van der Waals surface area contributed by atoms with Crippen LogP contribution in [-0.2, 0) is 65.4 Å². The van der Waals surface area contributed by atoms with E-state index in [2.05, 4.69) is 55.4 Å². The minimum absolute atomic E-state index is 0.104. The second kappa shape index (κ2) is 66.3. The third-order valence-corrected chi connectivity index (χ3v) is 20.1. The van der Waals surface area contributed by atoms with E-state index in [4.69, 9.17) is 37.0 Å². The van der Waals surface area contributed by atoms with Crippen LogP contribution >= 0.6 is 15.6 Å². The summed E-state index contributed by atoms with van der Waals surface area (Å²) in [5.74, 6) is 0.931. The number of phosphoric acid groups is 2. The molecule has 19 heteroatoms. The lowest BCUT2D eigenvalue weighted by Crippen LogP contribution is -2.30. The van der Waals surface area contributed by atoms with Gasteiger partial charge in [-0.2, -0.15) is 0 Å². The van der Waals surface area contributed by atoms with Crippen LogP contribution in [0.1, 0.15) is 389 Å². The fourth-order valence-electron chi connectivity index (χ4n) is 11.7. The van der Waals surface area contributed by atoms with E-state index in [-0.39, 0.29) is 25.7 Å². The Hall–Kier alpha value is -1.94. The predicted octanol–water partition coefficient (Wildman–Crippen LogP) is 22.4. The van der Waals surface area contributed by atoms with Crippen molar-refractivity contribution >= 4 is 39.5 Å². The van der Waals surface area contributed by atoms with Crippen LogP contribution in [0.25, 0.3) is 0 Å². The Morgan fingerprint density at radius 1 is 0.292 bits per heavy atom. The van der Waals surface area contributed by atoms with E-state index in [0.29, 0.717) is 25.7 Å². The monoisotopic (exact) mass is 1410 g/mol. The highest BCUT2D eigenvalue weighted by Gasteiger charge is 2.30. The van der Waals surface area contributed by atoms with Crippen LogP contribution in [0.2, 0.25) is 0 Å². The number of hydrogen-bond acceptors (Lipinski definition) is 15. The van der Waals surface area contributed by atoms with Crippen molar-refractivity contribution in [3.05, 3.63) is 0 Å². The number of carbonyl (C=O) groups excluding carboxylic acids is 4. The Labute approximate surface area is 588 Å². The number of hydrogen-bond donors (Lipinski definition) is 3. The Morgan fingerprint density at radius 3 is 0.740 bits per heavy atom. The lowest BCUT2D eigenvalue weighted by molar-refractivity contribution is -0.161. The fraction of sp³-hybridized carbons (Fsp3) is 0.948. The van der Waals surface area contributed by atoms with Crippen molar-refractivity contribution in [2.45, 2.75) is 408 Å². The molecule has 0 bridgehead atoms. The zero-order valence-corrected chi connectivity index (χ0v) is 64.8. The molecule has 0 aromatic rings. The molecule has 0 aliphatic heterocycles. The third-order valence-electron chi connectivity index (χ3n) is 18.2. The quantitative estimate of drug-likeness (QED) is 0.0222. The van der Waals surface area contributed by atoms with Crippen molar-refractivity contribution < 1.29 is 80.2 Å². The third kappa shape index (κ3) is 69.2. The highest BCUT2D eigenvalue weighted by Crippen LogP contribution is 2.45. The van der Waals surface area contributed by atoms with Crippen LogP contribution in [0.4, 0.5) is 0 Å². The second-order valence-electron chi connectivity index (χ2n) is 29.4. The summed E-state index contributed by atoms with van der Waals surface area (Å²) in [5, 5.41) is 10.6. The molecule has 0 spiro atoms. The molecule has 3 N–H and O–H groups in total. The van der Waals surface area contributed by atoms with Crippen molar-refractivity contribution in [2.24, 2.45) is 23.7 Å². The van der Waals surface area contributed by atoms with Gasteiger partial charge in [0.1, 0.15) is 19.3 Å². The SMILES string of the molecule is CCC(C)CCCCCCCCCCCCCCCCCCCCC(=O)OC[C@H](COP(=O)(O)OCC(O)COP(=O)(O)OC[C@@H](COC(=O)CCCCCCCCCCC(C)C)OC(=O)CCCCCCCCCCC(C)C)OC(=O)CCCCCCCCCCCC(C)C. The molecule has 96 heavy (non-hydrogen) atoms. The van der Waals surface area contributed by atoms with Crippen LogP contribution in [-0.4, -0.2) is 96.7 Å². The van der Waals surface area contributed by atoms with Gasteiger partial charge in [0.05, 0.1) is 26.4 Å². The van der Waals surface area contributed by atoms with Crippen LogP contribution in [0.3, 0.4) is 0 Å². The van der Waals surface area contributed by atoms with E-state index in [0.717, 1.165) is 114 Å². The number of carbonyl (C=O) groups is 4. The molecule has 0 aliphatic carbocycles. The molecule has 0 amide bonds. The summed E-state index contributed by atoms with van der Waals surface area (Å²) in [7, 11) is -9.91. The van der Waals surface area contributed by atoms with Gasteiger partial charge in [-0.25, -0.2) is 9.13 Å². The summed E-state index contributed by atoms with van der Waals surface area (Å²) < 4.78 is 68.5. The van der Waals surface area contributed by atoms with Gasteiger partial charge in [-0.15, -0.1) is 0 Å². The lowest BCUT2D eigenvalue weighted by Gasteiger charge is -2.21. The van der Waals surface area contributed by atoms with Crippen LogP contribution < -0.4 is 0 Å². The first kappa shape index (κ1) is 94.1. The van der Waals surface area contributed by atoms with Crippen LogP contribution in [0.15, 0.2) is 0 Å². The first-order valence-corrected chi connectivity index (χ1v) is 42.7. The molecule has 0 fully saturated rings. The van der Waals surface area contributed by atoms with Gasteiger partial charge in [-0.05, 0) is 49.4 Å². The number of rotatable bonds is 74. The fourth-order valence-corrected chi connectivity index (χ4v) is 13.3. The molecule has 0 rings (SSSR count). The summed E-state index contributed by atoms with van der Waals surface area (Å²) in [5.41, 5.74) is 0. The van der Waals surface area contributed by atoms with Crippen molar-refractivity contribution in [2.75, 3.05) is 39.6 Å². The zero-order valence-electron chi connectivity index (χ0n) is 63.0. The normalized spacial score (nSPS) is 14.4. The number of aliphatic hydroxyl groups excluding tert-OH is 1. The van der Waals surface area contributed by atoms with Crippen molar-refractivity contribution in [1.29, 1.82) is 0 Å². The van der Waals surface area contributed by atoms with Gasteiger partial charge in [-0.1, -0.05) is 338 Å². The van der Waals surface area contributed by atoms with E-state index in [1.165, 1.54) is 193 Å². The maximum absolute atomic E-state index is 13.1. The number of aliphatic hydroxyl groups is 1. The summed E-state index contributed by atoms with van der Waals surface area (Å²) in [4.78, 5) is 72.8. The van der Waals surface area contributed by atoms with E-state index in [1.807, 2.05) is 0 Å². The Balaban J connectivity index is 5.16. The van der Waals surface area contributed by atoms with Crippen molar-refractivity contribution in [1.82, 2.24) is 0 Å². The highest BCUT2D eigenvalue weighted by atomic mass is 31.2. The first-order valence-electron chi connectivity index (χ1n) is 39.7. The smallest absolute Gasteiger partial charge is 0.462 e. The van der Waals surface area contributed by atoms with Gasteiger partial charge in [0.2, 0.25) is 0 Å². The zero-order chi connectivity index (χ0) is 71.0. The number of phosphoric ester groups is 2. The van der Waals surface area contributed by atoms with Crippen molar-refractivity contribution in [3.63, 3.8) is 0 Å². The molecule has 0 saturated heterocycles. The molecule has 0 saturated carbocycles. The average molecular weight is 1410 g/mol. The van der Waals surface area contributed by atoms with Gasteiger partial charge >= 0.3 is 39.5 Å². The standard InChI is InChI=1S/C77H150O17P2/c1-9-70(8)56-48-40-32-22-18-16-14-12-10-11-13-15-17-19-23-33-41-49-57-74(79)87-63-72(93-76(81)59-51-43-35-24-20-21-29-37-45-53-67(2)3)65-91-95(83,84)89-61-71(78)62-90-96(85,86)92-66-73(94-77(82)60-52-44-36-28-26-31-39-47-55-69(6)7)64-88-75(80)58-50-42-34-27-25-30-38-46-54-68(4)5/h67-73,78H,9-66H2,1-8H3,(H,83,84)(H,85,86)/t70?,71?,72-,73-/m1/s1. The van der Waals surface area contributed by atoms with Gasteiger partial charge in [0, 0.05) is 25.7 Å². The van der Waals surface area contributed by atoms with Crippen molar-refractivity contribution in [3.8, 4) is 0 Å². The molecular weight excluding hydrogens is 1260 g/mol. The Morgan fingerprint density at radius 2 is 0.500 bits per heavy atom. The average Bonchev–Trinajstić information content (AvgIpc) is 2.15. The topological polar surface area (TPSA) is 237 Å². The van der Waals surface area contributed by atoms with E-state index in [9.17, 15) is 43.2 Å². The minimum atomic E-state index is -4.96. The molecular formula is C77H150O17P2. The summed E-state index contributed by atoms with van der Waals surface area (Å²) in [6.45, 7) is 14.2. The maximum Gasteiger partial charge on any atom is 0.472 e. The molecule has 0 radical (unpaired) electrons. The summed E-state index contributed by atoms with van der Waals surface area (Å²) >= 11 is 0.